The average Bonchev–Trinajstić information content (AvgIpc) is 2.51. The highest BCUT2D eigenvalue weighted by Crippen LogP contribution is 2.32. The smallest absolute Gasteiger partial charge is 0.410 e. The molecule has 0 saturated heterocycles. The second-order valence-electron chi connectivity index (χ2n) is 7.05. The number of carbonyl (C=O) groups is 2. The van der Waals surface area contributed by atoms with E-state index in [1.54, 1.807) is 11.8 Å². The first-order valence-corrected chi connectivity index (χ1v) is 8.62. The summed E-state index contributed by atoms with van der Waals surface area (Å²) in [7, 11) is 0. The quantitative estimate of drug-likeness (QED) is 0.779. The van der Waals surface area contributed by atoms with Gasteiger partial charge in [-0.05, 0) is 64.3 Å². The number of carbonyl (C=O) groups excluding carboxylic acids is 2. The zero-order valence-corrected chi connectivity index (χ0v) is 15.6. The van der Waals surface area contributed by atoms with E-state index in [4.69, 9.17) is 14.2 Å². The first-order valence-electron chi connectivity index (χ1n) is 8.62. The van der Waals surface area contributed by atoms with Gasteiger partial charge in [-0.15, -0.1) is 0 Å². The zero-order valence-electron chi connectivity index (χ0n) is 15.6. The zero-order chi connectivity index (χ0) is 18.6. The Bertz CT molecular complexity index is 635. The van der Waals surface area contributed by atoms with E-state index in [-0.39, 0.29) is 24.7 Å². The second kappa shape index (κ2) is 7.76. The molecule has 6 nitrogen and oxygen atoms in total. The molecule has 1 aromatic carbocycles. The van der Waals surface area contributed by atoms with Crippen molar-refractivity contribution in [3.63, 3.8) is 0 Å². The van der Waals surface area contributed by atoms with Gasteiger partial charge < -0.3 is 19.1 Å². The number of ether oxygens (including phenoxy) is 3. The van der Waals surface area contributed by atoms with Crippen molar-refractivity contribution in [3.05, 3.63) is 29.3 Å². The number of amides is 1. The van der Waals surface area contributed by atoms with Gasteiger partial charge in [0, 0.05) is 6.54 Å². The van der Waals surface area contributed by atoms with Crippen LogP contribution >= 0.6 is 0 Å². The molecule has 1 aliphatic rings. The number of esters is 1. The highest BCUT2D eigenvalue weighted by molar-refractivity contribution is 5.71. The average molecular weight is 349 g/mol. The van der Waals surface area contributed by atoms with Crippen molar-refractivity contribution in [2.45, 2.75) is 52.7 Å². The molecule has 0 aliphatic carbocycles. The number of fused-ring (bicyclic) bond motifs is 1. The molecule has 0 fully saturated rings. The lowest BCUT2D eigenvalue weighted by atomic mass is 9.93. The van der Waals surface area contributed by atoms with Crippen molar-refractivity contribution in [1.29, 1.82) is 0 Å². The molecule has 0 bridgehead atoms. The molecule has 0 radical (unpaired) electrons. The van der Waals surface area contributed by atoms with Crippen LogP contribution in [0.3, 0.4) is 0 Å². The lowest BCUT2D eigenvalue weighted by molar-refractivity contribution is -0.145. The van der Waals surface area contributed by atoms with Crippen LogP contribution in [0.4, 0.5) is 4.79 Å². The van der Waals surface area contributed by atoms with Crippen LogP contribution in [0.5, 0.6) is 5.75 Å². The Morgan fingerprint density at radius 3 is 2.64 bits per heavy atom. The molecule has 1 amide bonds. The summed E-state index contributed by atoms with van der Waals surface area (Å²) in [4.78, 5) is 25.5. The molecule has 0 saturated carbocycles. The molecule has 0 aromatic heterocycles. The molecule has 1 aliphatic heterocycles. The van der Waals surface area contributed by atoms with E-state index < -0.39 is 5.60 Å². The van der Waals surface area contributed by atoms with E-state index in [1.165, 1.54) is 0 Å². The number of hydrogen-bond donors (Lipinski definition) is 0. The summed E-state index contributed by atoms with van der Waals surface area (Å²) in [6.45, 7) is 10.2. The Labute approximate surface area is 149 Å². The van der Waals surface area contributed by atoms with Gasteiger partial charge in [-0.2, -0.15) is 0 Å². The Hall–Kier alpha value is -2.24. The third-order valence-corrected chi connectivity index (χ3v) is 3.94. The van der Waals surface area contributed by atoms with Crippen LogP contribution in [0.2, 0.25) is 0 Å². The minimum absolute atomic E-state index is 0.0716. The second-order valence-corrected chi connectivity index (χ2v) is 7.05. The summed E-state index contributed by atoms with van der Waals surface area (Å²) in [5.74, 6) is 0.245. The topological polar surface area (TPSA) is 65.1 Å². The molecule has 2 rings (SSSR count). The fourth-order valence-electron chi connectivity index (χ4n) is 2.81. The van der Waals surface area contributed by atoms with Crippen molar-refractivity contribution in [2.75, 3.05) is 19.8 Å². The third kappa shape index (κ3) is 5.11. The summed E-state index contributed by atoms with van der Waals surface area (Å²) in [6, 6.07) is 5.61. The minimum atomic E-state index is -0.512. The Morgan fingerprint density at radius 2 is 2.00 bits per heavy atom. The van der Waals surface area contributed by atoms with Crippen LogP contribution < -0.4 is 4.74 Å². The van der Waals surface area contributed by atoms with Crippen LogP contribution in [0.1, 0.15) is 51.8 Å². The van der Waals surface area contributed by atoms with Gasteiger partial charge in [0.05, 0.1) is 12.6 Å². The van der Waals surface area contributed by atoms with Crippen LogP contribution in [0.15, 0.2) is 18.2 Å². The summed E-state index contributed by atoms with van der Waals surface area (Å²) in [6.07, 6.45) is 0.420. The third-order valence-electron chi connectivity index (χ3n) is 3.94. The fraction of sp³-hybridized carbons (Fsp3) is 0.579. The van der Waals surface area contributed by atoms with Crippen molar-refractivity contribution < 1.29 is 23.8 Å². The van der Waals surface area contributed by atoms with Crippen LogP contribution in [0.25, 0.3) is 0 Å². The standard InChI is InChI=1S/C19H27NO5/c1-6-23-17(21)12-24-15-7-8-16-13(2)20(10-9-14(16)11-15)18(22)25-19(3,4)5/h7-8,11,13H,6,9-10,12H2,1-5H3. The number of nitrogens with zero attached hydrogens (tertiary/aromatic N) is 1. The van der Waals surface area contributed by atoms with Crippen molar-refractivity contribution >= 4 is 12.1 Å². The van der Waals surface area contributed by atoms with E-state index in [0.29, 0.717) is 18.9 Å². The first-order chi connectivity index (χ1) is 11.7. The van der Waals surface area contributed by atoms with Gasteiger partial charge in [0.15, 0.2) is 6.61 Å². The van der Waals surface area contributed by atoms with Gasteiger partial charge in [0.2, 0.25) is 0 Å². The lowest BCUT2D eigenvalue weighted by Gasteiger charge is -2.36. The van der Waals surface area contributed by atoms with Gasteiger partial charge >= 0.3 is 12.1 Å². The van der Waals surface area contributed by atoms with Crippen LogP contribution in [-0.2, 0) is 20.7 Å². The maximum Gasteiger partial charge on any atom is 0.410 e. The van der Waals surface area contributed by atoms with Gasteiger partial charge in [-0.25, -0.2) is 9.59 Å². The van der Waals surface area contributed by atoms with Gasteiger partial charge in [-0.3, -0.25) is 0 Å². The maximum absolute atomic E-state index is 12.4. The van der Waals surface area contributed by atoms with Gasteiger partial charge in [0.25, 0.3) is 0 Å². The van der Waals surface area contributed by atoms with Crippen molar-refractivity contribution in [2.24, 2.45) is 0 Å². The van der Waals surface area contributed by atoms with Gasteiger partial charge in [0.1, 0.15) is 11.4 Å². The molecule has 1 aromatic rings. The van der Waals surface area contributed by atoms with E-state index >= 15 is 0 Å². The molecule has 6 heteroatoms. The van der Waals surface area contributed by atoms with E-state index in [2.05, 4.69) is 0 Å². The molecule has 138 valence electrons. The Kier molecular flexibility index (Phi) is 5.93. The normalized spacial score (nSPS) is 16.8. The summed E-state index contributed by atoms with van der Waals surface area (Å²) in [5.41, 5.74) is 1.68. The highest BCUT2D eigenvalue weighted by atomic mass is 16.6. The molecule has 1 unspecified atom stereocenters. The SMILES string of the molecule is CCOC(=O)COc1ccc2c(c1)CCN(C(=O)OC(C)(C)C)C2C. The lowest BCUT2D eigenvalue weighted by Crippen LogP contribution is -2.42. The number of rotatable bonds is 4. The first kappa shape index (κ1) is 19.1. The molecular formula is C19H27NO5. The van der Waals surface area contributed by atoms with E-state index in [0.717, 1.165) is 17.5 Å². The predicted octanol–water partition coefficient (Wildman–Crippen LogP) is 3.48. The number of hydrogen-bond acceptors (Lipinski definition) is 5. The van der Waals surface area contributed by atoms with Gasteiger partial charge in [-0.1, -0.05) is 6.07 Å². The summed E-state index contributed by atoms with van der Waals surface area (Å²) >= 11 is 0. The maximum atomic E-state index is 12.4. The molecule has 1 heterocycles. The molecular weight excluding hydrogens is 322 g/mol. The van der Waals surface area contributed by atoms with Crippen molar-refractivity contribution in [1.82, 2.24) is 4.90 Å². The van der Waals surface area contributed by atoms with E-state index in [1.807, 2.05) is 45.9 Å². The fourth-order valence-corrected chi connectivity index (χ4v) is 2.81. The molecule has 0 N–H and O–H groups in total. The largest absolute Gasteiger partial charge is 0.482 e. The van der Waals surface area contributed by atoms with Crippen LogP contribution in [-0.4, -0.2) is 42.3 Å². The molecule has 25 heavy (non-hydrogen) atoms. The monoisotopic (exact) mass is 349 g/mol. The minimum Gasteiger partial charge on any atom is -0.482 e. The summed E-state index contributed by atoms with van der Waals surface area (Å²) in [5, 5.41) is 0. The van der Waals surface area contributed by atoms with Crippen LogP contribution in [0, 0.1) is 0 Å². The Balaban J connectivity index is 2.05. The van der Waals surface area contributed by atoms with E-state index in [9.17, 15) is 9.59 Å². The molecule has 1 atom stereocenters. The highest BCUT2D eigenvalue weighted by Gasteiger charge is 2.31. The number of benzene rings is 1. The molecule has 0 spiro atoms. The summed E-state index contributed by atoms with van der Waals surface area (Å²) < 4.78 is 15.8. The Morgan fingerprint density at radius 1 is 1.28 bits per heavy atom. The predicted molar refractivity (Wildman–Crippen MR) is 93.6 cm³/mol. The van der Waals surface area contributed by atoms with Crippen molar-refractivity contribution in [3.8, 4) is 5.75 Å².